The van der Waals surface area contributed by atoms with Gasteiger partial charge in [0.15, 0.2) is 0 Å². The first-order valence-electron chi connectivity index (χ1n) is 5.63. The van der Waals surface area contributed by atoms with Crippen molar-refractivity contribution in [2.24, 2.45) is 5.73 Å². The molecule has 1 unspecified atom stereocenters. The topological polar surface area (TPSA) is 104 Å². The zero-order chi connectivity index (χ0) is 14.2. The average molecular weight is 329 g/mol. The second kappa shape index (κ2) is 4.82. The van der Waals surface area contributed by atoms with E-state index in [1.807, 2.05) is 0 Å². The van der Waals surface area contributed by atoms with Crippen LogP contribution in [0.1, 0.15) is 16.8 Å². The van der Waals surface area contributed by atoms with E-state index < -0.39 is 11.5 Å². The fourth-order valence-corrected chi connectivity index (χ4v) is 2.26. The standard InChI is InChI=1S/C12H13BrN2O4/c13-8-2-1-7(5-9(8)16)10(17)15-4-3-12(14,6-15)11(18)19/h1-2,5,16H,3-4,6,14H2,(H,18,19). The van der Waals surface area contributed by atoms with Gasteiger partial charge in [-0.05, 0) is 40.5 Å². The van der Waals surface area contributed by atoms with E-state index in [0.717, 1.165) is 0 Å². The summed E-state index contributed by atoms with van der Waals surface area (Å²) in [7, 11) is 0. The second-order valence-corrected chi connectivity index (χ2v) is 5.46. The number of phenolic OH excluding ortho intramolecular Hbond substituents is 1. The van der Waals surface area contributed by atoms with Gasteiger partial charge >= 0.3 is 5.97 Å². The molecule has 6 nitrogen and oxygen atoms in total. The first kappa shape index (κ1) is 13.8. The van der Waals surface area contributed by atoms with E-state index in [9.17, 15) is 14.7 Å². The summed E-state index contributed by atoms with van der Waals surface area (Å²) in [5.41, 5.74) is 4.63. The number of benzene rings is 1. The van der Waals surface area contributed by atoms with Gasteiger partial charge < -0.3 is 20.8 Å². The molecule has 0 radical (unpaired) electrons. The molecule has 102 valence electrons. The SMILES string of the molecule is NC1(C(=O)O)CCN(C(=O)c2ccc(Br)c(O)c2)C1. The van der Waals surface area contributed by atoms with Gasteiger partial charge in [-0.15, -0.1) is 0 Å². The van der Waals surface area contributed by atoms with Gasteiger partial charge in [-0.2, -0.15) is 0 Å². The highest BCUT2D eigenvalue weighted by molar-refractivity contribution is 9.10. The number of aromatic hydroxyl groups is 1. The van der Waals surface area contributed by atoms with Crippen LogP contribution >= 0.6 is 15.9 Å². The summed E-state index contributed by atoms with van der Waals surface area (Å²) in [5, 5.41) is 18.6. The summed E-state index contributed by atoms with van der Waals surface area (Å²) in [6.07, 6.45) is 0.219. The Labute approximate surface area is 117 Å². The normalized spacial score (nSPS) is 22.5. The molecule has 1 saturated heterocycles. The molecule has 1 aliphatic rings. The molecule has 0 spiro atoms. The molecule has 0 saturated carbocycles. The molecular formula is C12H13BrN2O4. The highest BCUT2D eigenvalue weighted by atomic mass is 79.9. The lowest BCUT2D eigenvalue weighted by atomic mass is 10.0. The average Bonchev–Trinajstić information content (AvgIpc) is 2.76. The van der Waals surface area contributed by atoms with Crippen LogP contribution in [-0.2, 0) is 4.79 Å². The van der Waals surface area contributed by atoms with Crippen LogP contribution in [0.3, 0.4) is 0 Å². The molecule has 1 heterocycles. The molecule has 19 heavy (non-hydrogen) atoms. The molecule has 1 atom stereocenters. The summed E-state index contributed by atoms with van der Waals surface area (Å²) in [6, 6.07) is 4.46. The van der Waals surface area contributed by atoms with Crippen molar-refractivity contribution in [2.75, 3.05) is 13.1 Å². The van der Waals surface area contributed by atoms with Crippen molar-refractivity contribution in [2.45, 2.75) is 12.0 Å². The zero-order valence-electron chi connectivity index (χ0n) is 9.97. The molecule has 0 aromatic heterocycles. The monoisotopic (exact) mass is 328 g/mol. The lowest BCUT2D eigenvalue weighted by Gasteiger charge is -2.20. The van der Waals surface area contributed by atoms with E-state index >= 15 is 0 Å². The molecule has 4 N–H and O–H groups in total. The Bertz CT molecular complexity index is 549. The number of carbonyl (C=O) groups excluding carboxylic acids is 1. The number of likely N-dealkylation sites (tertiary alicyclic amines) is 1. The Morgan fingerprint density at radius 2 is 2.11 bits per heavy atom. The highest BCUT2D eigenvalue weighted by Gasteiger charge is 2.43. The number of rotatable bonds is 2. The maximum atomic E-state index is 12.2. The fourth-order valence-electron chi connectivity index (χ4n) is 2.01. The maximum Gasteiger partial charge on any atom is 0.325 e. The predicted molar refractivity (Wildman–Crippen MR) is 70.9 cm³/mol. The van der Waals surface area contributed by atoms with Crippen LogP contribution in [-0.4, -0.2) is 45.6 Å². The Morgan fingerprint density at radius 1 is 1.42 bits per heavy atom. The number of hydrogen-bond donors (Lipinski definition) is 3. The second-order valence-electron chi connectivity index (χ2n) is 4.60. The van der Waals surface area contributed by atoms with Gasteiger partial charge in [0.05, 0.1) is 4.47 Å². The lowest BCUT2D eigenvalue weighted by molar-refractivity contribution is -0.142. The van der Waals surface area contributed by atoms with Crippen LogP contribution < -0.4 is 5.73 Å². The largest absolute Gasteiger partial charge is 0.507 e. The minimum absolute atomic E-state index is 0.0298. The third-order valence-electron chi connectivity index (χ3n) is 3.21. The number of carbonyl (C=O) groups is 2. The van der Waals surface area contributed by atoms with E-state index in [1.165, 1.54) is 11.0 Å². The number of amides is 1. The number of aliphatic carboxylic acids is 1. The summed E-state index contributed by atoms with van der Waals surface area (Å²) in [5.74, 6) is -1.49. The zero-order valence-corrected chi connectivity index (χ0v) is 11.6. The maximum absolute atomic E-state index is 12.2. The number of carboxylic acids is 1. The van der Waals surface area contributed by atoms with Gasteiger partial charge in [0.1, 0.15) is 11.3 Å². The van der Waals surface area contributed by atoms with Crippen molar-refractivity contribution < 1.29 is 19.8 Å². The molecular weight excluding hydrogens is 316 g/mol. The van der Waals surface area contributed by atoms with Crippen LogP contribution in [0.2, 0.25) is 0 Å². The Balaban J connectivity index is 2.18. The third kappa shape index (κ3) is 2.57. The van der Waals surface area contributed by atoms with Crippen molar-refractivity contribution in [3.63, 3.8) is 0 Å². The van der Waals surface area contributed by atoms with Crippen LogP contribution in [0.5, 0.6) is 5.75 Å². The van der Waals surface area contributed by atoms with Crippen LogP contribution in [0.25, 0.3) is 0 Å². The molecule has 1 fully saturated rings. The quantitative estimate of drug-likeness (QED) is 0.744. The molecule has 7 heteroatoms. The number of halogens is 1. The van der Waals surface area contributed by atoms with Crippen molar-refractivity contribution in [3.8, 4) is 5.75 Å². The first-order valence-corrected chi connectivity index (χ1v) is 6.43. The molecule has 1 aromatic carbocycles. The fraction of sp³-hybridized carbons (Fsp3) is 0.333. The summed E-state index contributed by atoms with van der Waals surface area (Å²) in [4.78, 5) is 24.6. The highest BCUT2D eigenvalue weighted by Crippen LogP contribution is 2.26. The van der Waals surface area contributed by atoms with Crippen molar-refractivity contribution in [1.82, 2.24) is 4.90 Å². The minimum atomic E-state index is -1.38. The minimum Gasteiger partial charge on any atom is -0.507 e. The Morgan fingerprint density at radius 3 is 2.63 bits per heavy atom. The molecule has 0 bridgehead atoms. The third-order valence-corrected chi connectivity index (χ3v) is 3.88. The smallest absolute Gasteiger partial charge is 0.325 e. The van der Waals surface area contributed by atoms with Gasteiger partial charge in [0, 0.05) is 18.7 Å². The molecule has 1 aromatic rings. The van der Waals surface area contributed by atoms with Crippen molar-refractivity contribution >= 4 is 27.8 Å². The Kier molecular flexibility index (Phi) is 3.51. The molecule has 0 aliphatic carbocycles. The number of phenols is 1. The van der Waals surface area contributed by atoms with E-state index in [-0.39, 0.29) is 24.6 Å². The number of hydrogen-bond acceptors (Lipinski definition) is 4. The lowest BCUT2D eigenvalue weighted by Crippen LogP contribution is -2.50. The molecule has 2 rings (SSSR count). The predicted octanol–water partition coefficient (Wildman–Crippen LogP) is 0.783. The van der Waals surface area contributed by atoms with Gasteiger partial charge in [-0.25, -0.2) is 0 Å². The summed E-state index contributed by atoms with van der Waals surface area (Å²) in [6.45, 7) is 0.260. The number of carboxylic acid groups (broad SMARTS) is 1. The van der Waals surface area contributed by atoms with Gasteiger partial charge in [-0.1, -0.05) is 0 Å². The van der Waals surface area contributed by atoms with Gasteiger partial charge in [0.2, 0.25) is 0 Å². The van der Waals surface area contributed by atoms with Crippen LogP contribution in [0.4, 0.5) is 0 Å². The van der Waals surface area contributed by atoms with Crippen LogP contribution in [0.15, 0.2) is 22.7 Å². The van der Waals surface area contributed by atoms with E-state index in [1.54, 1.807) is 12.1 Å². The van der Waals surface area contributed by atoms with Crippen molar-refractivity contribution in [1.29, 1.82) is 0 Å². The molecule has 1 amide bonds. The van der Waals surface area contributed by atoms with Gasteiger partial charge in [0.25, 0.3) is 5.91 Å². The Hall–Kier alpha value is -1.60. The van der Waals surface area contributed by atoms with E-state index in [0.29, 0.717) is 16.6 Å². The van der Waals surface area contributed by atoms with Gasteiger partial charge in [-0.3, -0.25) is 9.59 Å². The van der Waals surface area contributed by atoms with E-state index in [4.69, 9.17) is 10.8 Å². The number of nitrogens with zero attached hydrogens (tertiary/aromatic N) is 1. The number of nitrogens with two attached hydrogens (primary N) is 1. The van der Waals surface area contributed by atoms with Crippen molar-refractivity contribution in [3.05, 3.63) is 28.2 Å². The summed E-state index contributed by atoms with van der Waals surface area (Å²) < 4.78 is 0.490. The summed E-state index contributed by atoms with van der Waals surface area (Å²) >= 11 is 3.13. The van der Waals surface area contributed by atoms with E-state index in [2.05, 4.69) is 15.9 Å². The first-order chi connectivity index (χ1) is 8.83. The van der Waals surface area contributed by atoms with Crippen LogP contribution in [0, 0.1) is 0 Å². The molecule has 1 aliphatic heterocycles.